The van der Waals surface area contributed by atoms with Crippen molar-refractivity contribution in [3.8, 4) is 11.4 Å². The summed E-state index contributed by atoms with van der Waals surface area (Å²) >= 11 is 0. The molecule has 0 unspecified atom stereocenters. The Morgan fingerprint density at radius 3 is 2.44 bits per heavy atom. The van der Waals surface area contributed by atoms with Crippen LogP contribution in [0, 0.1) is 0 Å². The molecule has 0 bridgehead atoms. The largest absolute Gasteiger partial charge is 0.395 e. The van der Waals surface area contributed by atoms with Crippen LogP contribution in [0.25, 0.3) is 11.4 Å². The van der Waals surface area contributed by atoms with Crippen LogP contribution < -0.4 is 10.5 Å². The van der Waals surface area contributed by atoms with Gasteiger partial charge in [-0.05, 0) is 43.7 Å². The molecule has 188 valence electrons. The van der Waals surface area contributed by atoms with E-state index in [2.05, 4.69) is 15.3 Å². The van der Waals surface area contributed by atoms with Gasteiger partial charge in [-0.2, -0.15) is 0 Å². The summed E-state index contributed by atoms with van der Waals surface area (Å²) in [6, 6.07) is 5.93. The summed E-state index contributed by atoms with van der Waals surface area (Å²) in [4.78, 5) is 10.1. The van der Waals surface area contributed by atoms with Crippen LogP contribution in [-0.2, 0) is 10.0 Å². The Bertz CT molecular complexity index is 1030. The van der Waals surface area contributed by atoms with E-state index in [4.69, 9.17) is 5.14 Å². The predicted molar refractivity (Wildman–Crippen MR) is 126 cm³/mol. The Hall–Kier alpha value is -2.19. The SMILES string of the molecule is NS(=O)(=O)c1cc(-c2ncccn2)ccc1NCCCCCCN1C[C@H](O)[C@@H](O)[C@H](O)[C@H]1CO. The van der Waals surface area contributed by atoms with Crippen LogP contribution in [0.5, 0.6) is 0 Å². The lowest BCUT2D eigenvalue weighted by Gasteiger charge is -2.43. The first kappa shape index (κ1) is 26.4. The summed E-state index contributed by atoms with van der Waals surface area (Å²) in [5.74, 6) is 0.408. The van der Waals surface area contributed by atoms with Crippen LogP contribution in [0.3, 0.4) is 0 Å². The number of likely N-dealkylation sites (tertiary alicyclic amines) is 1. The zero-order chi connectivity index (χ0) is 24.7. The van der Waals surface area contributed by atoms with Gasteiger partial charge in [0.15, 0.2) is 5.82 Å². The van der Waals surface area contributed by atoms with E-state index >= 15 is 0 Å². The quantitative estimate of drug-likeness (QED) is 0.223. The average Bonchev–Trinajstić information content (AvgIpc) is 2.82. The van der Waals surface area contributed by atoms with E-state index in [1.54, 1.807) is 35.5 Å². The molecule has 3 rings (SSSR count). The van der Waals surface area contributed by atoms with Crippen LogP contribution in [0.15, 0.2) is 41.6 Å². The third-order valence-electron chi connectivity index (χ3n) is 6.02. The number of β-amino-alcohol motifs (C(OH)–C–C–N with tert-alkyl or cyclic N) is 1. The van der Waals surface area contributed by atoms with E-state index < -0.39 is 34.4 Å². The van der Waals surface area contributed by atoms with E-state index in [1.165, 1.54) is 6.07 Å². The summed E-state index contributed by atoms with van der Waals surface area (Å²) in [7, 11) is -3.95. The normalized spacial score (nSPS) is 23.7. The molecule has 4 atom stereocenters. The monoisotopic (exact) mass is 495 g/mol. The molecule has 2 aromatic rings. The predicted octanol–water partition coefficient (Wildman–Crippen LogP) is -0.477. The molecular formula is C22H33N5O6S. The summed E-state index contributed by atoms with van der Waals surface area (Å²) in [6.07, 6.45) is 3.00. The molecule has 7 N–H and O–H groups in total. The van der Waals surface area contributed by atoms with E-state index in [-0.39, 0.29) is 18.0 Å². The maximum absolute atomic E-state index is 12.1. The second-order valence-electron chi connectivity index (χ2n) is 8.46. The summed E-state index contributed by atoms with van der Waals surface area (Å²) in [6.45, 7) is 1.04. The van der Waals surface area contributed by atoms with E-state index in [1.807, 2.05) is 0 Å². The number of sulfonamides is 1. The number of piperidine rings is 1. The molecule has 0 saturated carbocycles. The van der Waals surface area contributed by atoms with Crippen molar-refractivity contribution < 1.29 is 28.8 Å². The lowest BCUT2D eigenvalue weighted by molar-refractivity contribution is -0.145. The molecule has 1 aliphatic heterocycles. The molecule has 0 spiro atoms. The van der Waals surface area contributed by atoms with Gasteiger partial charge in [0, 0.05) is 31.0 Å². The number of rotatable bonds is 11. The van der Waals surface area contributed by atoms with Crippen LogP contribution in [-0.4, -0.2) is 94.3 Å². The van der Waals surface area contributed by atoms with Crippen LogP contribution in [0.1, 0.15) is 25.7 Å². The van der Waals surface area contributed by atoms with Gasteiger partial charge in [-0.3, -0.25) is 4.90 Å². The summed E-state index contributed by atoms with van der Waals surface area (Å²) < 4.78 is 24.2. The number of hydrogen-bond acceptors (Lipinski definition) is 10. The molecule has 1 saturated heterocycles. The Morgan fingerprint density at radius 2 is 1.76 bits per heavy atom. The molecule has 0 radical (unpaired) electrons. The maximum Gasteiger partial charge on any atom is 0.240 e. The Labute approximate surface area is 199 Å². The standard InChI is InChI=1S/C22H33N5O6S/c23-34(32,33)19-12-15(22-25-9-5-10-26-22)6-7-16(19)24-8-3-1-2-4-11-27-13-18(29)21(31)20(30)17(27)14-28/h5-7,9-10,12,17-18,20-21,24,28-31H,1-4,8,11,13-14H2,(H2,23,32,33)/t17-,18+,20-,21-/m1/s1. The first-order valence-electron chi connectivity index (χ1n) is 11.3. The fourth-order valence-corrected chi connectivity index (χ4v) is 4.88. The minimum absolute atomic E-state index is 0.0168. The average molecular weight is 496 g/mol. The number of aliphatic hydroxyl groups excluding tert-OH is 4. The van der Waals surface area contributed by atoms with E-state index in [9.17, 15) is 28.8 Å². The minimum Gasteiger partial charge on any atom is -0.395 e. The van der Waals surface area contributed by atoms with Gasteiger partial charge in [0.1, 0.15) is 17.1 Å². The highest BCUT2D eigenvalue weighted by Crippen LogP contribution is 2.26. The molecule has 1 fully saturated rings. The highest BCUT2D eigenvalue weighted by atomic mass is 32.2. The van der Waals surface area contributed by atoms with Crippen LogP contribution >= 0.6 is 0 Å². The molecule has 12 heteroatoms. The Morgan fingerprint density at radius 1 is 1.06 bits per heavy atom. The van der Waals surface area contributed by atoms with Crippen molar-refractivity contribution in [3.05, 3.63) is 36.7 Å². The maximum atomic E-state index is 12.1. The molecule has 2 heterocycles. The van der Waals surface area contributed by atoms with Crippen LogP contribution in [0.2, 0.25) is 0 Å². The smallest absolute Gasteiger partial charge is 0.240 e. The zero-order valence-electron chi connectivity index (χ0n) is 18.9. The molecule has 1 aromatic heterocycles. The van der Waals surface area contributed by atoms with E-state index in [0.717, 1.165) is 25.7 Å². The highest BCUT2D eigenvalue weighted by Gasteiger charge is 2.40. The number of hydrogen-bond donors (Lipinski definition) is 6. The first-order valence-corrected chi connectivity index (χ1v) is 12.8. The lowest BCUT2D eigenvalue weighted by Crippen LogP contribution is -2.62. The fourth-order valence-electron chi connectivity index (χ4n) is 4.14. The van der Waals surface area contributed by atoms with Gasteiger partial charge in [-0.25, -0.2) is 23.5 Å². The molecule has 0 amide bonds. The fraction of sp³-hybridized carbons (Fsp3) is 0.545. The molecule has 1 aliphatic rings. The topological polar surface area (TPSA) is 182 Å². The van der Waals surface area contributed by atoms with Gasteiger partial charge >= 0.3 is 0 Å². The molecule has 34 heavy (non-hydrogen) atoms. The number of nitrogens with two attached hydrogens (primary N) is 1. The number of nitrogens with zero attached hydrogens (tertiary/aromatic N) is 3. The summed E-state index contributed by atoms with van der Waals surface area (Å²) in [5.41, 5.74) is 0.972. The second kappa shape index (κ2) is 12.0. The zero-order valence-corrected chi connectivity index (χ0v) is 19.7. The number of aliphatic hydroxyl groups is 4. The number of aromatic nitrogens is 2. The van der Waals surface area contributed by atoms with Gasteiger partial charge in [-0.15, -0.1) is 0 Å². The molecule has 11 nitrogen and oxygen atoms in total. The minimum atomic E-state index is -3.95. The van der Waals surface area contributed by atoms with Crippen molar-refractivity contribution in [2.45, 2.75) is 54.9 Å². The van der Waals surface area contributed by atoms with Crippen molar-refractivity contribution in [2.24, 2.45) is 5.14 Å². The number of unbranched alkanes of at least 4 members (excludes halogenated alkanes) is 3. The summed E-state index contributed by atoms with van der Waals surface area (Å²) in [5, 5.41) is 47.8. The van der Waals surface area contributed by atoms with Gasteiger partial charge in [0.2, 0.25) is 10.0 Å². The molecule has 1 aromatic carbocycles. The third-order valence-corrected chi connectivity index (χ3v) is 6.97. The van der Waals surface area contributed by atoms with Crippen LogP contribution in [0.4, 0.5) is 5.69 Å². The van der Waals surface area contributed by atoms with Gasteiger partial charge in [-0.1, -0.05) is 12.8 Å². The lowest BCUT2D eigenvalue weighted by atomic mass is 9.94. The second-order valence-corrected chi connectivity index (χ2v) is 9.99. The molecular weight excluding hydrogens is 462 g/mol. The van der Waals surface area contributed by atoms with Crippen molar-refractivity contribution in [2.75, 3.05) is 31.6 Å². The van der Waals surface area contributed by atoms with Crippen molar-refractivity contribution in [3.63, 3.8) is 0 Å². The van der Waals surface area contributed by atoms with Crippen molar-refractivity contribution in [1.82, 2.24) is 14.9 Å². The number of benzene rings is 1. The van der Waals surface area contributed by atoms with Gasteiger partial charge in [0.25, 0.3) is 0 Å². The molecule has 0 aliphatic carbocycles. The van der Waals surface area contributed by atoms with Gasteiger partial charge in [0.05, 0.1) is 24.4 Å². The van der Waals surface area contributed by atoms with Crippen molar-refractivity contribution >= 4 is 15.7 Å². The highest BCUT2D eigenvalue weighted by molar-refractivity contribution is 7.89. The van der Waals surface area contributed by atoms with Gasteiger partial charge < -0.3 is 25.7 Å². The van der Waals surface area contributed by atoms with Crippen molar-refractivity contribution in [1.29, 1.82) is 0 Å². The number of anilines is 1. The number of nitrogens with one attached hydrogen (secondary N) is 1. The number of primary sulfonamides is 1. The first-order chi connectivity index (χ1) is 16.2. The van der Waals surface area contributed by atoms with E-state index in [0.29, 0.717) is 30.2 Å². The Kier molecular flexibility index (Phi) is 9.31. The Balaban J connectivity index is 1.47. The third kappa shape index (κ3) is 6.69.